The molecule has 0 aliphatic carbocycles. The predicted molar refractivity (Wildman–Crippen MR) is 93.1 cm³/mol. The van der Waals surface area contributed by atoms with Crippen molar-refractivity contribution in [2.75, 3.05) is 19.6 Å². The molecule has 0 spiro atoms. The van der Waals surface area contributed by atoms with Gasteiger partial charge in [-0.25, -0.2) is 0 Å². The fourth-order valence-corrected chi connectivity index (χ4v) is 2.87. The maximum absolute atomic E-state index is 12.1. The van der Waals surface area contributed by atoms with E-state index >= 15 is 0 Å². The molecule has 23 heavy (non-hydrogen) atoms. The molecule has 1 aliphatic heterocycles. The summed E-state index contributed by atoms with van der Waals surface area (Å²) in [5.74, 6) is 1.59. The van der Waals surface area contributed by atoms with E-state index in [0.717, 1.165) is 31.2 Å². The van der Waals surface area contributed by atoms with Crippen LogP contribution in [0.5, 0.6) is 0 Å². The van der Waals surface area contributed by atoms with Gasteiger partial charge in [-0.1, -0.05) is 12.1 Å². The molecular formula is C18H23ClN2O2. The molecule has 1 aliphatic rings. The zero-order valence-corrected chi connectivity index (χ0v) is 13.9. The number of carbonyl (C=O) groups excluding carboxylic acids is 1. The molecule has 0 saturated carbocycles. The number of carbonyl (C=O) groups is 1. The van der Waals surface area contributed by atoms with Crippen molar-refractivity contribution < 1.29 is 9.21 Å². The largest absolute Gasteiger partial charge is 0.469 e. The minimum atomic E-state index is -0.0272. The molecule has 1 aromatic heterocycles. The molecule has 2 N–H and O–H groups in total. The minimum Gasteiger partial charge on any atom is -0.469 e. The van der Waals surface area contributed by atoms with Crippen molar-refractivity contribution in [3.8, 4) is 0 Å². The molecule has 124 valence electrons. The molecule has 2 aromatic rings. The number of halogens is 1. The van der Waals surface area contributed by atoms with Gasteiger partial charge in [0.25, 0.3) is 5.91 Å². The summed E-state index contributed by atoms with van der Waals surface area (Å²) in [6, 6.07) is 11.7. The van der Waals surface area contributed by atoms with E-state index in [2.05, 4.69) is 22.8 Å². The van der Waals surface area contributed by atoms with Gasteiger partial charge in [-0.05, 0) is 61.7 Å². The number of rotatable bonds is 6. The van der Waals surface area contributed by atoms with Gasteiger partial charge in [-0.2, -0.15) is 0 Å². The lowest BCUT2D eigenvalue weighted by atomic mass is 9.98. The van der Waals surface area contributed by atoms with Crippen LogP contribution in [0.3, 0.4) is 0 Å². The Morgan fingerprint density at radius 3 is 2.74 bits per heavy atom. The molecule has 1 amide bonds. The Morgan fingerprint density at radius 1 is 1.26 bits per heavy atom. The highest BCUT2D eigenvalue weighted by atomic mass is 35.5. The third-order valence-corrected chi connectivity index (χ3v) is 4.14. The Labute approximate surface area is 143 Å². The standard InChI is InChI=1S/C18H22N2O2.ClH/c21-18(20-10-8-17-2-1-11-22-17)16-5-3-14(4-6-16)12-15-7-9-19-13-15;/h1-6,11,15,19H,7-10,12-13H2,(H,20,21);1H. The summed E-state index contributed by atoms with van der Waals surface area (Å²) in [5.41, 5.74) is 2.02. The summed E-state index contributed by atoms with van der Waals surface area (Å²) < 4.78 is 5.24. The van der Waals surface area contributed by atoms with Gasteiger partial charge in [0.2, 0.25) is 0 Å². The third-order valence-electron chi connectivity index (χ3n) is 4.14. The molecule has 1 saturated heterocycles. The van der Waals surface area contributed by atoms with Gasteiger partial charge in [0.1, 0.15) is 5.76 Å². The predicted octanol–water partition coefficient (Wildman–Crippen LogP) is 2.83. The smallest absolute Gasteiger partial charge is 0.251 e. The lowest BCUT2D eigenvalue weighted by Gasteiger charge is -2.09. The van der Waals surface area contributed by atoms with Gasteiger partial charge >= 0.3 is 0 Å². The third kappa shape index (κ3) is 5.12. The van der Waals surface area contributed by atoms with E-state index in [4.69, 9.17) is 4.42 Å². The highest BCUT2D eigenvalue weighted by Crippen LogP contribution is 2.15. The number of furan rings is 1. The first-order valence-corrected chi connectivity index (χ1v) is 7.91. The van der Waals surface area contributed by atoms with Crippen molar-refractivity contribution >= 4 is 18.3 Å². The number of hydrogen-bond donors (Lipinski definition) is 2. The van der Waals surface area contributed by atoms with Crippen molar-refractivity contribution in [3.05, 3.63) is 59.5 Å². The molecule has 0 radical (unpaired) electrons. The van der Waals surface area contributed by atoms with Crippen LogP contribution >= 0.6 is 12.4 Å². The van der Waals surface area contributed by atoms with Crippen LogP contribution in [-0.4, -0.2) is 25.5 Å². The maximum Gasteiger partial charge on any atom is 0.251 e. The maximum atomic E-state index is 12.1. The molecule has 1 atom stereocenters. The van der Waals surface area contributed by atoms with E-state index in [1.807, 2.05) is 24.3 Å². The molecule has 1 fully saturated rings. The van der Waals surface area contributed by atoms with Crippen LogP contribution in [-0.2, 0) is 12.8 Å². The fourth-order valence-electron chi connectivity index (χ4n) is 2.87. The van der Waals surface area contributed by atoms with Crippen LogP contribution in [0.25, 0.3) is 0 Å². The quantitative estimate of drug-likeness (QED) is 0.854. The number of amides is 1. The van der Waals surface area contributed by atoms with E-state index in [9.17, 15) is 4.79 Å². The second-order valence-corrected chi connectivity index (χ2v) is 5.85. The Kier molecular flexibility index (Phi) is 6.68. The topological polar surface area (TPSA) is 54.3 Å². The molecule has 1 unspecified atom stereocenters. The molecule has 5 heteroatoms. The van der Waals surface area contributed by atoms with Crippen molar-refractivity contribution in [1.82, 2.24) is 10.6 Å². The van der Waals surface area contributed by atoms with Crippen molar-refractivity contribution in [2.24, 2.45) is 5.92 Å². The monoisotopic (exact) mass is 334 g/mol. The van der Waals surface area contributed by atoms with Crippen LogP contribution in [0.1, 0.15) is 28.1 Å². The zero-order valence-electron chi connectivity index (χ0n) is 13.1. The first kappa shape index (κ1) is 17.6. The summed E-state index contributed by atoms with van der Waals surface area (Å²) in [6.45, 7) is 2.82. The van der Waals surface area contributed by atoms with Gasteiger partial charge in [0.15, 0.2) is 0 Å². The van der Waals surface area contributed by atoms with E-state index in [1.165, 1.54) is 12.0 Å². The van der Waals surface area contributed by atoms with Crippen molar-refractivity contribution in [2.45, 2.75) is 19.3 Å². The molecule has 0 bridgehead atoms. The van der Waals surface area contributed by atoms with E-state index < -0.39 is 0 Å². The van der Waals surface area contributed by atoms with Crippen LogP contribution in [0, 0.1) is 5.92 Å². The van der Waals surface area contributed by atoms with Crippen LogP contribution in [0.2, 0.25) is 0 Å². The second-order valence-electron chi connectivity index (χ2n) is 5.85. The molecule has 3 rings (SSSR count). The SMILES string of the molecule is Cl.O=C(NCCc1ccco1)c1ccc(CC2CCNC2)cc1. The Hall–Kier alpha value is -1.78. The van der Waals surface area contributed by atoms with E-state index in [-0.39, 0.29) is 18.3 Å². The Balaban J connectivity index is 0.00000192. The van der Waals surface area contributed by atoms with Crippen LogP contribution < -0.4 is 10.6 Å². The summed E-state index contributed by atoms with van der Waals surface area (Å²) in [6.07, 6.45) is 4.70. The first-order chi connectivity index (χ1) is 10.8. The van der Waals surface area contributed by atoms with Gasteiger partial charge in [-0.3, -0.25) is 4.79 Å². The second kappa shape index (κ2) is 8.75. The average molecular weight is 335 g/mol. The van der Waals surface area contributed by atoms with Crippen LogP contribution in [0.15, 0.2) is 47.1 Å². The van der Waals surface area contributed by atoms with Gasteiger partial charge in [-0.15, -0.1) is 12.4 Å². The summed E-state index contributed by atoms with van der Waals surface area (Å²) in [4.78, 5) is 12.1. The zero-order chi connectivity index (χ0) is 15.2. The summed E-state index contributed by atoms with van der Waals surface area (Å²) in [5, 5.41) is 6.31. The minimum absolute atomic E-state index is 0. The number of benzene rings is 1. The van der Waals surface area contributed by atoms with Gasteiger partial charge < -0.3 is 15.1 Å². The van der Waals surface area contributed by atoms with E-state index in [1.54, 1.807) is 6.26 Å². The highest BCUT2D eigenvalue weighted by Gasteiger charge is 2.15. The highest BCUT2D eigenvalue weighted by molar-refractivity contribution is 5.94. The molecule has 1 aromatic carbocycles. The van der Waals surface area contributed by atoms with Crippen molar-refractivity contribution in [1.29, 1.82) is 0 Å². The van der Waals surface area contributed by atoms with Gasteiger partial charge in [0, 0.05) is 18.5 Å². The van der Waals surface area contributed by atoms with Crippen LogP contribution in [0.4, 0.5) is 0 Å². The average Bonchev–Trinajstić information content (AvgIpc) is 3.21. The first-order valence-electron chi connectivity index (χ1n) is 7.91. The van der Waals surface area contributed by atoms with E-state index in [0.29, 0.717) is 18.5 Å². The molecular weight excluding hydrogens is 312 g/mol. The van der Waals surface area contributed by atoms with Crippen molar-refractivity contribution in [3.63, 3.8) is 0 Å². The number of hydrogen-bond acceptors (Lipinski definition) is 3. The Morgan fingerprint density at radius 2 is 2.09 bits per heavy atom. The Bertz CT molecular complexity index is 590. The fraction of sp³-hybridized carbons (Fsp3) is 0.389. The van der Waals surface area contributed by atoms with Gasteiger partial charge in [0.05, 0.1) is 6.26 Å². The normalized spacial score (nSPS) is 16.8. The molecule has 4 nitrogen and oxygen atoms in total. The lowest BCUT2D eigenvalue weighted by molar-refractivity contribution is 0.0953. The summed E-state index contributed by atoms with van der Waals surface area (Å²) in [7, 11) is 0. The molecule has 2 heterocycles. The lowest BCUT2D eigenvalue weighted by Crippen LogP contribution is -2.25. The number of nitrogens with one attached hydrogen (secondary N) is 2. The summed E-state index contributed by atoms with van der Waals surface area (Å²) >= 11 is 0.